The second kappa shape index (κ2) is 8.78. The average molecular weight is 345 g/mol. The summed E-state index contributed by atoms with van der Waals surface area (Å²) in [6.07, 6.45) is 2.57. The molecule has 0 radical (unpaired) electrons. The Bertz CT molecular complexity index is 675. The van der Waals surface area contributed by atoms with Crippen LogP contribution in [-0.2, 0) is 17.9 Å². The van der Waals surface area contributed by atoms with E-state index in [9.17, 15) is 9.18 Å². The molecule has 0 spiro atoms. The van der Waals surface area contributed by atoms with Gasteiger partial charge in [0.05, 0.1) is 19.4 Å². The van der Waals surface area contributed by atoms with Crippen LogP contribution in [0.4, 0.5) is 4.39 Å². The van der Waals surface area contributed by atoms with Crippen molar-refractivity contribution < 1.29 is 13.6 Å². The van der Waals surface area contributed by atoms with Gasteiger partial charge in [-0.2, -0.15) is 0 Å². The molecule has 2 aromatic rings. The van der Waals surface area contributed by atoms with Crippen LogP contribution in [0.1, 0.15) is 17.7 Å². The Morgan fingerprint density at radius 3 is 2.68 bits per heavy atom. The van der Waals surface area contributed by atoms with E-state index in [-0.39, 0.29) is 11.7 Å². The van der Waals surface area contributed by atoms with Gasteiger partial charge in [-0.05, 0) is 37.7 Å². The highest BCUT2D eigenvalue weighted by atomic mass is 19.1. The first-order chi connectivity index (χ1) is 12.2. The molecule has 3 rings (SSSR count). The van der Waals surface area contributed by atoms with Gasteiger partial charge in [-0.1, -0.05) is 18.2 Å². The lowest BCUT2D eigenvalue weighted by molar-refractivity contribution is -0.122. The van der Waals surface area contributed by atoms with Gasteiger partial charge in [0.1, 0.15) is 11.6 Å². The second-order valence-corrected chi connectivity index (χ2v) is 6.35. The minimum Gasteiger partial charge on any atom is -0.467 e. The number of nitrogens with zero attached hydrogens (tertiary/aromatic N) is 2. The Balaban J connectivity index is 1.43. The smallest absolute Gasteiger partial charge is 0.234 e. The van der Waals surface area contributed by atoms with Crippen LogP contribution in [0.3, 0.4) is 0 Å². The summed E-state index contributed by atoms with van der Waals surface area (Å²) in [5.41, 5.74) is 0.729. The topological polar surface area (TPSA) is 48.7 Å². The highest BCUT2D eigenvalue weighted by Crippen LogP contribution is 2.12. The number of carbonyl (C=O) groups is 1. The van der Waals surface area contributed by atoms with Gasteiger partial charge in [0, 0.05) is 25.2 Å². The third-order valence-corrected chi connectivity index (χ3v) is 4.44. The van der Waals surface area contributed by atoms with Crippen molar-refractivity contribution in [3.05, 3.63) is 59.8 Å². The van der Waals surface area contributed by atoms with Crippen LogP contribution in [0.25, 0.3) is 0 Å². The monoisotopic (exact) mass is 345 g/mol. The number of furan rings is 1. The van der Waals surface area contributed by atoms with Crippen LogP contribution in [0.15, 0.2) is 47.1 Å². The number of rotatable bonds is 6. The molecule has 1 N–H and O–H groups in total. The Morgan fingerprint density at radius 2 is 1.88 bits per heavy atom. The fraction of sp³-hybridized carbons (Fsp3) is 0.421. The van der Waals surface area contributed by atoms with Crippen molar-refractivity contribution in [1.82, 2.24) is 15.1 Å². The van der Waals surface area contributed by atoms with E-state index in [1.165, 1.54) is 6.07 Å². The molecule has 0 bridgehead atoms. The highest BCUT2D eigenvalue weighted by Gasteiger charge is 2.18. The molecule has 1 aliphatic rings. The summed E-state index contributed by atoms with van der Waals surface area (Å²) >= 11 is 0. The molecule has 2 heterocycles. The first kappa shape index (κ1) is 17.6. The number of nitrogens with one attached hydrogen (secondary N) is 1. The zero-order valence-corrected chi connectivity index (χ0v) is 14.3. The van der Waals surface area contributed by atoms with Gasteiger partial charge in [-0.25, -0.2) is 4.39 Å². The first-order valence-corrected chi connectivity index (χ1v) is 8.68. The van der Waals surface area contributed by atoms with Crippen molar-refractivity contribution in [1.29, 1.82) is 0 Å². The lowest BCUT2D eigenvalue weighted by Gasteiger charge is -2.21. The van der Waals surface area contributed by atoms with Crippen LogP contribution >= 0.6 is 0 Å². The molecule has 1 aliphatic heterocycles. The third kappa shape index (κ3) is 5.41. The zero-order valence-electron chi connectivity index (χ0n) is 14.3. The SMILES string of the molecule is O=C(CN1CCCN(Cc2ccccc2F)CC1)NCc1ccco1. The Hall–Kier alpha value is -2.18. The second-order valence-electron chi connectivity index (χ2n) is 6.35. The van der Waals surface area contributed by atoms with E-state index in [2.05, 4.69) is 15.1 Å². The molecule has 1 saturated heterocycles. The summed E-state index contributed by atoms with van der Waals surface area (Å²) in [5.74, 6) is 0.597. The molecule has 6 heteroatoms. The van der Waals surface area contributed by atoms with Gasteiger partial charge in [0.15, 0.2) is 0 Å². The summed E-state index contributed by atoms with van der Waals surface area (Å²) in [4.78, 5) is 16.5. The molecule has 134 valence electrons. The van der Waals surface area contributed by atoms with E-state index >= 15 is 0 Å². The van der Waals surface area contributed by atoms with Gasteiger partial charge < -0.3 is 9.73 Å². The summed E-state index contributed by atoms with van der Waals surface area (Å²) in [6, 6.07) is 10.6. The number of hydrogen-bond donors (Lipinski definition) is 1. The summed E-state index contributed by atoms with van der Waals surface area (Å²) in [7, 11) is 0. The van der Waals surface area contributed by atoms with Crippen LogP contribution in [-0.4, -0.2) is 48.4 Å². The van der Waals surface area contributed by atoms with E-state index in [1.54, 1.807) is 18.4 Å². The minimum atomic E-state index is -0.152. The zero-order chi connectivity index (χ0) is 17.5. The molecule has 0 saturated carbocycles. The maximum Gasteiger partial charge on any atom is 0.234 e. The van der Waals surface area contributed by atoms with Crippen molar-refractivity contribution in [2.24, 2.45) is 0 Å². The molecule has 1 aromatic heterocycles. The maximum absolute atomic E-state index is 13.8. The van der Waals surface area contributed by atoms with E-state index < -0.39 is 0 Å². The number of hydrogen-bond acceptors (Lipinski definition) is 4. The summed E-state index contributed by atoms with van der Waals surface area (Å²) < 4.78 is 19.0. The molecule has 0 atom stereocenters. The van der Waals surface area contributed by atoms with Crippen LogP contribution in [0, 0.1) is 5.82 Å². The van der Waals surface area contributed by atoms with Crippen LogP contribution < -0.4 is 5.32 Å². The largest absolute Gasteiger partial charge is 0.467 e. The van der Waals surface area contributed by atoms with E-state index in [1.807, 2.05) is 18.2 Å². The molecule has 25 heavy (non-hydrogen) atoms. The number of carbonyl (C=O) groups excluding carboxylic acids is 1. The first-order valence-electron chi connectivity index (χ1n) is 8.68. The number of amides is 1. The molecule has 5 nitrogen and oxygen atoms in total. The van der Waals surface area contributed by atoms with Crippen LogP contribution in [0.5, 0.6) is 0 Å². The van der Waals surface area contributed by atoms with Gasteiger partial charge in [0.2, 0.25) is 5.91 Å². The third-order valence-electron chi connectivity index (χ3n) is 4.44. The Kier molecular flexibility index (Phi) is 6.19. The Labute approximate surface area is 147 Å². The van der Waals surface area contributed by atoms with Crippen molar-refractivity contribution in [3.63, 3.8) is 0 Å². The molecule has 1 amide bonds. The molecular weight excluding hydrogens is 321 g/mol. The molecule has 0 unspecified atom stereocenters. The normalized spacial score (nSPS) is 16.5. The van der Waals surface area contributed by atoms with Crippen LogP contribution in [0.2, 0.25) is 0 Å². The highest BCUT2D eigenvalue weighted by molar-refractivity contribution is 5.77. The summed E-state index contributed by atoms with van der Waals surface area (Å²) in [5, 5.41) is 2.87. The van der Waals surface area contributed by atoms with Crippen molar-refractivity contribution in [2.75, 3.05) is 32.7 Å². The lowest BCUT2D eigenvalue weighted by Crippen LogP contribution is -2.39. The predicted molar refractivity (Wildman–Crippen MR) is 93.3 cm³/mol. The van der Waals surface area contributed by atoms with Crippen molar-refractivity contribution in [3.8, 4) is 0 Å². The Morgan fingerprint density at radius 1 is 1.08 bits per heavy atom. The average Bonchev–Trinajstić information content (AvgIpc) is 3.04. The number of halogens is 1. The molecule has 0 aliphatic carbocycles. The van der Waals surface area contributed by atoms with E-state index in [0.29, 0.717) is 19.6 Å². The summed E-state index contributed by atoms with van der Waals surface area (Å²) in [6.45, 7) is 4.85. The molecule has 1 fully saturated rings. The van der Waals surface area contributed by atoms with Crippen molar-refractivity contribution in [2.45, 2.75) is 19.5 Å². The van der Waals surface area contributed by atoms with Gasteiger partial charge >= 0.3 is 0 Å². The van der Waals surface area contributed by atoms with Gasteiger partial charge in [0.25, 0.3) is 0 Å². The predicted octanol–water partition coefficient (Wildman–Crippen LogP) is 2.24. The lowest BCUT2D eigenvalue weighted by atomic mass is 10.2. The molecular formula is C19H24FN3O2. The van der Waals surface area contributed by atoms with Gasteiger partial charge in [-0.15, -0.1) is 0 Å². The molecule has 1 aromatic carbocycles. The fourth-order valence-corrected chi connectivity index (χ4v) is 3.07. The van der Waals surface area contributed by atoms with Crippen molar-refractivity contribution >= 4 is 5.91 Å². The minimum absolute atomic E-state index is 0.000969. The van der Waals surface area contributed by atoms with Gasteiger partial charge in [-0.3, -0.25) is 14.6 Å². The van der Waals surface area contributed by atoms with E-state index in [0.717, 1.165) is 43.9 Å². The quantitative estimate of drug-likeness (QED) is 0.872. The number of benzene rings is 1. The fourth-order valence-electron chi connectivity index (χ4n) is 3.07. The standard InChI is InChI=1S/C19H24FN3O2/c20-18-7-2-1-5-16(18)14-22-8-4-9-23(11-10-22)15-19(24)21-13-17-6-3-12-25-17/h1-3,5-7,12H,4,8-11,13-15H2,(H,21,24). The van der Waals surface area contributed by atoms with E-state index in [4.69, 9.17) is 4.42 Å². The maximum atomic E-state index is 13.8.